The molecule has 1 aliphatic heterocycles. The summed E-state index contributed by atoms with van der Waals surface area (Å²) < 4.78 is 6.08. The number of rotatable bonds is 5. The Kier molecular flexibility index (Phi) is 5.00. The second kappa shape index (κ2) is 6.53. The summed E-state index contributed by atoms with van der Waals surface area (Å²) >= 11 is 0. The lowest BCUT2D eigenvalue weighted by Gasteiger charge is -2.26. The summed E-state index contributed by atoms with van der Waals surface area (Å²) in [6.07, 6.45) is 5.23. The molecular weight excluding hydrogens is 234 g/mol. The Morgan fingerprint density at radius 1 is 1.26 bits per heavy atom. The van der Waals surface area contributed by atoms with E-state index in [1.54, 1.807) is 0 Å². The lowest BCUT2D eigenvalue weighted by Crippen LogP contribution is -2.30. The molecule has 0 spiro atoms. The molecule has 2 nitrogen and oxygen atoms in total. The van der Waals surface area contributed by atoms with Gasteiger partial charge < -0.3 is 10.1 Å². The standard InChI is InChI=1S/C17H27NO/c1-5-13-8-9-14(6-2)15(11-13)17(18-4)16-10-7-12(3)19-16/h8-9,11-12,16-18H,5-7,10H2,1-4H3. The average Bonchev–Trinajstić information content (AvgIpc) is 2.86. The van der Waals surface area contributed by atoms with Crippen LogP contribution in [-0.4, -0.2) is 19.3 Å². The van der Waals surface area contributed by atoms with Gasteiger partial charge in [-0.1, -0.05) is 32.0 Å². The van der Waals surface area contributed by atoms with E-state index >= 15 is 0 Å². The lowest BCUT2D eigenvalue weighted by molar-refractivity contribution is 0.0331. The van der Waals surface area contributed by atoms with E-state index < -0.39 is 0 Å². The van der Waals surface area contributed by atoms with E-state index in [1.165, 1.54) is 23.1 Å². The zero-order valence-corrected chi connectivity index (χ0v) is 12.7. The Morgan fingerprint density at radius 3 is 2.58 bits per heavy atom. The van der Waals surface area contributed by atoms with Crippen LogP contribution in [0.4, 0.5) is 0 Å². The van der Waals surface area contributed by atoms with Gasteiger partial charge in [-0.15, -0.1) is 0 Å². The van der Waals surface area contributed by atoms with Crippen molar-refractivity contribution in [2.75, 3.05) is 7.05 Å². The van der Waals surface area contributed by atoms with Crippen molar-refractivity contribution in [1.29, 1.82) is 0 Å². The van der Waals surface area contributed by atoms with Gasteiger partial charge in [0.1, 0.15) is 0 Å². The van der Waals surface area contributed by atoms with Crippen LogP contribution in [0.1, 0.15) is 56.3 Å². The molecule has 1 N–H and O–H groups in total. The van der Waals surface area contributed by atoms with Gasteiger partial charge in [-0.2, -0.15) is 0 Å². The van der Waals surface area contributed by atoms with Crippen LogP contribution < -0.4 is 5.32 Å². The first-order valence-corrected chi connectivity index (χ1v) is 7.64. The van der Waals surface area contributed by atoms with Gasteiger partial charge >= 0.3 is 0 Å². The molecule has 1 aromatic rings. The van der Waals surface area contributed by atoms with Crippen molar-refractivity contribution >= 4 is 0 Å². The third-order valence-corrected chi connectivity index (χ3v) is 4.28. The highest BCUT2D eigenvalue weighted by atomic mass is 16.5. The van der Waals surface area contributed by atoms with Crippen molar-refractivity contribution < 1.29 is 4.74 Å². The highest BCUT2D eigenvalue weighted by Crippen LogP contribution is 2.32. The second-order valence-electron chi connectivity index (χ2n) is 5.57. The third kappa shape index (κ3) is 3.18. The van der Waals surface area contributed by atoms with Gasteiger partial charge in [-0.25, -0.2) is 0 Å². The Labute approximate surface area is 117 Å². The molecule has 106 valence electrons. The number of benzene rings is 1. The Hall–Kier alpha value is -0.860. The first kappa shape index (κ1) is 14.5. The van der Waals surface area contributed by atoms with Gasteiger partial charge in [0.15, 0.2) is 0 Å². The molecular formula is C17H27NO. The minimum atomic E-state index is 0.317. The molecule has 1 saturated heterocycles. The zero-order valence-electron chi connectivity index (χ0n) is 12.7. The summed E-state index contributed by atoms with van der Waals surface area (Å²) in [5.74, 6) is 0. The third-order valence-electron chi connectivity index (χ3n) is 4.28. The van der Waals surface area contributed by atoms with Gasteiger partial charge in [0.2, 0.25) is 0 Å². The molecule has 19 heavy (non-hydrogen) atoms. The fraction of sp³-hybridized carbons (Fsp3) is 0.647. The van der Waals surface area contributed by atoms with Crippen LogP contribution in [-0.2, 0) is 17.6 Å². The molecule has 2 rings (SSSR count). The van der Waals surface area contributed by atoms with Gasteiger partial charge in [0.25, 0.3) is 0 Å². The first-order valence-electron chi connectivity index (χ1n) is 7.64. The number of hydrogen-bond acceptors (Lipinski definition) is 2. The summed E-state index contributed by atoms with van der Waals surface area (Å²) in [5.41, 5.74) is 4.29. The molecule has 1 aromatic carbocycles. The lowest BCUT2D eigenvalue weighted by atomic mass is 9.91. The highest BCUT2D eigenvalue weighted by Gasteiger charge is 2.30. The number of ether oxygens (including phenoxy) is 1. The summed E-state index contributed by atoms with van der Waals surface area (Å²) in [4.78, 5) is 0. The molecule has 0 bridgehead atoms. The van der Waals surface area contributed by atoms with E-state index in [-0.39, 0.29) is 0 Å². The zero-order chi connectivity index (χ0) is 13.8. The van der Waals surface area contributed by atoms with E-state index in [9.17, 15) is 0 Å². The van der Waals surface area contributed by atoms with Crippen molar-refractivity contribution in [1.82, 2.24) is 5.32 Å². The molecule has 0 aliphatic carbocycles. The maximum absolute atomic E-state index is 6.08. The second-order valence-corrected chi connectivity index (χ2v) is 5.57. The van der Waals surface area contributed by atoms with Crippen LogP contribution in [0.2, 0.25) is 0 Å². The molecule has 3 unspecified atom stereocenters. The van der Waals surface area contributed by atoms with Crippen LogP contribution >= 0.6 is 0 Å². The molecule has 0 radical (unpaired) electrons. The molecule has 1 heterocycles. The van der Waals surface area contributed by atoms with Crippen LogP contribution in [0.25, 0.3) is 0 Å². The van der Waals surface area contributed by atoms with E-state index in [2.05, 4.69) is 51.3 Å². The van der Waals surface area contributed by atoms with Crippen molar-refractivity contribution in [3.05, 3.63) is 34.9 Å². The predicted molar refractivity (Wildman–Crippen MR) is 80.6 cm³/mol. The van der Waals surface area contributed by atoms with E-state index in [0.717, 1.165) is 19.3 Å². The normalized spacial score (nSPS) is 24.6. The average molecular weight is 261 g/mol. The Balaban J connectivity index is 2.30. The molecule has 1 fully saturated rings. The van der Waals surface area contributed by atoms with Gasteiger partial charge in [-0.05, 0) is 56.3 Å². The van der Waals surface area contributed by atoms with Crippen molar-refractivity contribution in [3.8, 4) is 0 Å². The molecule has 1 aliphatic rings. The molecule has 0 amide bonds. The summed E-state index contributed by atoms with van der Waals surface area (Å²) in [6.45, 7) is 6.62. The van der Waals surface area contributed by atoms with Gasteiger partial charge in [-0.3, -0.25) is 0 Å². The van der Waals surface area contributed by atoms with Crippen LogP contribution in [0.15, 0.2) is 18.2 Å². The summed E-state index contributed by atoms with van der Waals surface area (Å²) in [5, 5.41) is 3.48. The maximum atomic E-state index is 6.08. The summed E-state index contributed by atoms with van der Waals surface area (Å²) in [7, 11) is 2.05. The van der Waals surface area contributed by atoms with Crippen LogP contribution in [0.3, 0.4) is 0 Å². The van der Waals surface area contributed by atoms with Crippen LogP contribution in [0.5, 0.6) is 0 Å². The van der Waals surface area contributed by atoms with Crippen molar-refractivity contribution in [3.63, 3.8) is 0 Å². The molecule has 3 atom stereocenters. The summed E-state index contributed by atoms with van der Waals surface area (Å²) in [6, 6.07) is 7.24. The SMILES string of the molecule is CCc1ccc(CC)c(C(NC)C2CCC(C)O2)c1. The number of hydrogen-bond donors (Lipinski definition) is 1. The Morgan fingerprint density at radius 2 is 2.05 bits per heavy atom. The fourth-order valence-electron chi connectivity index (χ4n) is 3.10. The fourth-order valence-corrected chi connectivity index (χ4v) is 3.10. The monoisotopic (exact) mass is 261 g/mol. The maximum Gasteiger partial charge on any atom is 0.0774 e. The molecule has 0 aromatic heterocycles. The minimum Gasteiger partial charge on any atom is -0.373 e. The molecule has 2 heteroatoms. The predicted octanol–water partition coefficient (Wildman–Crippen LogP) is 3.64. The molecule has 0 saturated carbocycles. The smallest absolute Gasteiger partial charge is 0.0774 e. The van der Waals surface area contributed by atoms with Gasteiger partial charge in [0, 0.05) is 0 Å². The van der Waals surface area contributed by atoms with E-state index in [4.69, 9.17) is 4.74 Å². The number of aryl methyl sites for hydroxylation is 2. The number of nitrogens with one attached hydrogen (secondary N) is 1. The topological polar surface area (TPSA) is 21.3 Å². The largest absolute Gasteiger partial charge is 0.373 e. The van der Waals surface area contributed by atoms with E-state index in [0.29, 0.717) is 18.2 Å². The Bertz CT molecular complexity index is 416. The van der Waals surface area contributed by atoms with Gasteiger partial charge in [0.05, 0.1) is 18.2 Å². The number of likely N-dealkylation sites (N-methyl/N-ethyl adjacent to an activating group) is 1. The first-order chi connectivity index (χ1) is 9.19. The van der Waals surface area contributed by atoms with Crippen molar-refractivity contribution in [2.45, 2.75) is 64.7 Å². The van der Waals surface area contributed by atoms with Crippen LogP contribution in [0, 0.1) is 0 Å². The quantitative estimate of drug-likeness (QED) is 0.873. The highest BCUT2D eigenvalue weighted by molar-refractivity contribution is 5.35. The van der Waals surface area contributed by atoms with E-state index in [1.807, 2.05) is 0 Å². The van der Waals surface area contributed by atoms with Crippen molar-refractivity contribution in [2.24, 2.45) is 0 Å². The minimum absolute atomic E-state index is 0.317.